The molecule has 8 nitrogen and oxygen atoms in total. The third kappa shape index (κ3) is 3.64. The van der Waals surface area contributed by atoms with Crippen molar-refractivity contribution in [2.75, 3.05) is 0 Å². The molecule has 24 heavy (non-hydrogen) atoms. The summed E-state index contributed by atoms with van der Waals surface area (Å²) in [4.78, 5) is 7.92. The highest BCUT2D eigenvalue weighted by Crippen LogP contribution is 2.27. The van der Waals surface area contributed by atoms with Gasteiger partial charge in [-0.05, 0) is 46.6 Å². The van der Waals surface area contributed by atoms with E-state index in [2.05, 4.69) is 31.6 Å². The second kappa shape index (κ2) is 7.02. The van der Waals surface area contributed by atoms with Crippen LogP contribution >= 0.6 is 11.6 Å². The topological polar surface area (TPSA) is 102 Å². The first-order valence-electron chi connectivity index (χ1n) is 7.05. The number of halogens is 1. The summed E-state index contributed by atoms with van der Waals surface area (Å²) >= 11 is 5.71. The van der Waals surface area contributed by atoms with Gasteiger partial charge in [0, 0.05) is 18.0 Å². The van der Waals surface area contributed by atoms with E-state index in [1.807, 2.05) is 13.0 Å². The van der Waals surface area contributed by atoms with Crippen molar-refractivity contribution in [2.45, 2.75) is 19.6 Å². The molecule has 2 heterocycles. The van der Waals surface area contributed by atoms with Gasteiger partial charge in [0.15, 0.2) is 0 Å². The Bertz CT molecular complexity index is 859. The molecular weight excluding hydrogens is 330 g/mol. The number of nitrogens with zero attached hydrogens (tertiary/aromatic N) is 7. The van der Waals surface area contributed by atoms with Crippen LogP contribution < -0.4 is 4.74 Å². The first-order valence-corrected chi connectivity index (χ1v) is 7.43. The molecule has 0 aliphatic rings. The van der Waals surface area contributed by atoms with E-state index in [0.717, 1.165) is 11.1 Å². The minimum absolute atomic E-state index is 0.180. The summed E-state index contributed by atoms with van der Waals surface area (Å²) < 4.78 is 7.45. The molecular formula is C15H12ClN7O. The number of aromatic nitrogens is 6. The van der Waals surface area contributed by atoms with E-state index in [4.69, 9.17) is 16.3 Å². The Kier molecular flexibility index (Phi) is 4.63. The van der Waals surface area contributed by atoms with Crippen molar-refractivity contribution >= 4 is 11.6 Å². The van der Waals surface area contributed by atoms with E-state index in [9.17, 15) is 5.26 Å². The van der Waals surface area contributed by atoms with Crippen molar-refractivity contribution in [2.24, 2.45) is 0 Å². The fourth-order valence-electron chi connectivity index (χ4n) is 2.13. The molecule has 3 rings (SSSR count). The van der Waals surface area contributed by atoms with Crippen LogP contribution in [0.15, 0.2) is 36.9 Å². The predicted octanol–water partition coefficient (Wildman–Crippen LogP) is 2.12. The zero-order valence-corrected chi connectivity index (χ0v) is 13.4. The summed E-state index contributed by atoms with van der Waals surface area (Å²) in [7, 11) is 0. The number of nitriles is 1. The lowest BCUT2D eigenvalue weighted by Gasteiger charge is -2.16. The fraction of sp³-hybridized carbons (Fsp3) is 0.200. The Hall–Kier alpha value is -3.05. The minimum atomic E-state index is -0.225. The summed E-state index contributed by atoms with van der Waals surface area (Å²) in [6.07, 6.45) is 4.51. The van der Waals surface area contributed by atoms with Crippen LogP contribution in [-0.2, 0) is 6.54 Å². The Labute approximate surface area is 142 Å². The van der Waals surface area contributed by atoms with Crippen LogP contribution in [0.2, 0.25) is 5.28 Å². The lowest BCUT2D eigenvalue weighted by molar-refractivity contribution is 0.192. The molecule has 0 amide bonds. The van der Waals surface area contributed by atoms with Gasteiger partial charge in [-0.1, -0.05) is 6.07 Å². The lowest BCUT2D eigenvalue weighted by atomic mass is 10.1. The van der Waals surface area contributed by atoms with E-state index < -0.39 is 0 Å². The predicted molar refractivity (Wildman–Crippen MR) is 85.1 cm³/mol. The van der Waals surface area contributed by atoms with Gasteiger partial charge < -0.3 is 4.74 Å². The third-order valence-corrected chi connectivity index (χ3v) is 3.41. The fourth-order valence-corrected chi connectivity index (χ4v) is 2.23. The van der Waals surface area contributed by atoms with Crippen molar-refractivity contribution < 1.29 is 4.74 Å². The Morgan fingerprint density at radius 1 is 1.29 bits per heavy atom. The summed E-state index contributed by atoms with van der Waals surface area (Å²) in [5.74, 6) is 0.477. The number of rotatable bonds is 5. The molecule has 1 unspecified atom stereocenters. The zero-order valence-electron chi connectivity index (χ0n) is 12.7. The monoisotopic (exact) mass is 341 g/mol. The van der Waals surface area contributed by atoms with Crippen molar-refractivity contribution in [3.63, 3.8) is 0 Å². The molecule has 1 aromatic carbocycles. The van der Waals surface area contributed by atoms with E-state index in [-0.39, 0.29) is 11.4 Å². The molecule has 1 atom stereocenters. The van der Waals surface area contributed by atoms with Crippen LogP contribution in [0.3, 0.4) is 0 Å². The molecule has 0 saturated heterocycles. The Balaban J connectivity index is 1.84. The molecule has 2 aromatic heterocycles. The number of tetrazole rings is 1. The maximum absolute atomic E-state index is 9.28. The number of ether oxygens (including phenoxy) is 1. The standard InChI is InChI=1S/C15H12ClN7O/c1-10(8-23-9-20-21-22-23)24-14-4-11(2-3-12(14)5-17)13-6-18-15(16)19-7-13/h2-4,6-7,9-10H,8H2,1H3. The van der Waals surface area contributed by atoms with Crippen LogP contribution in [0.25, 0.3) is 11.1 Å². The first-order chi connectivity index (χ1) is 11.7. The molecule has 0 radical (unpaired) electrons. The van der Waals surface area contributed by atoms with Crippen molar-refractivity contribution in [3.05, 3.63) is 47.8 Å². The molecule has 0 aliphatic carbocycles. The molecule has 9 heteroatoms. The van der Waals surface area contributed by atoms with E-state index in [1.54, 1.807) is 29.2 Å². The third-order valence-electron chi connectivity index (χ3n) is 3.22. The summed E-state index contributed by atoms with van der Waals surface area (Å²) in [5, 5.41) is 20.4. The van der Waals surface area contributed by atoms with E-state index in [0.29, 0.717) is 17.9 Å². The summed E-state index contributed by atoms with van der Waals surface area (Å²) in [6, 6.07) is 7.41. The SMILES string of the molecule is CC(Cn1cnnn1)Oc1cc(-c2cnc(Cl)nc2)ccc1C#N. The highest BCUT2D eigenvalue weighted by Gasteiger charge is 2.12. The Morgan fingerprint density at radius 3 is 2.75 bits per heavy atom. The highest BCUT2D eigenvalue weighted by molar-refractivity contribution is 6.28. The minimum Gasteiger partial charge on any atom is -0.487 e. The maximum Gasteiger partial charge on any atom is 0.222 e. The van der Waals surface area contributed by atoms with Crippen LogP contribution in [-0.4, -0.2) is 36.3 Å². The largest absolute Gasteiger partial charge is 0.487 e. The molecule has 0 aliphatic heterocycles. The second-order valence-electron chi connectivity index (χ2n) is 5.02. The molecule has 0 saturated carbocycles. The normalized spacial score (nSPS) is 11.7. The molecule has 0 bridgehead atoms. The molecule has 120 valence electrons. The second-order valence-corrected chi connectivity index (χ2v) is 5.36. The van der Waals surface area contributed by atoms with Gasteiger partial charge in [0.1, 0.15) is 24.3 Å². The lowest BCUT2D eigenvalue weighted by Crippen LogP contribution is -2.20. The summed E-state index contributed by atoms with van der Waals surface area (Å²) in [6.45, 7) is 2.34. The van der Waals surface area contributed by atoms with E-state index in [1.165, 1.54) is 6.33 Å². The van der Waals surface area contributed by atoms with Crippen molar-refractivity contribution in [1.82, 2.24) is 30.2 Å². The molecule has 0 N–H and O–H groups in total. The number of hydrogen-bond donors (Lipinski definition) is 0. The van der Waals surface area contributed by atoms with Crippen molar-refractivity contribution in [3.8, 4) is 22.9 Å². The van der Waals surface area contributed by atoms with Crippen LogP contribution in [0, 0.1) is 11.3 Å². The van der Waals surface area contributed by atoms with Gasteiger partial charge in [-0.3, -0.25) is 0 Å². The van der Waals surface area contributed by atoms with Gasteiger partial charge in [-0.2, -0.15) is 5.26 Å². The van der Waals surface area contributed by atoms with Gasteiger partial charge in [0.2, 0.25) is 5.28 Å². The zero-order chi connectivity index (χ0) is 16.9. The van der Waals surface area contributed by atoms with Gasteiger partial charge in [0.25, 0.3) is 0 Å². The van der Waals surface area contributed by atoms with Crippen LogP contribution in [0.1, 0.15) is 12.5 Å². The van der Waals surface area contributed by atoms with Crippen LogP contribution in [0.5, 0.6) is 5.75 Å². The van der Waals surface area contributed by atoms with Gasteiger partial charge in [-0.25, -0.2) is 14.6 Å². The molecule has 0 spiro atoms. The molecule has 0 fully saturated rings. The Morgan fingerprint density at radius 2 is 2.08 bits per heavy atom. The average Bonchev–Trinajstić information content (AvgIpc) is 3.08. The van der Waals surface area contributed by atoms with Gasteiger partial charge in [0.05, 0.1) is 12.1 Å². The quantitative estimate of drug-likeness (QED) is 0.655. The molecule has 3 aromatic rings. The van der Waals surface area contributed by atoms with Gasteiger partial charge in [-0.15, -0.1) is 5.10 Å². The highest BCUT2D eigenvalue weighted by atomic mass is 35.5. The number of benzene rings is 1. The smallest absolute Gasteiger partial charge is 0.222 e. The van der Waals surface area contributed by atoms with Gasteiger partial charge >= 0.3 is 0 Å². The summed E-state index contributed by atoms with van der Waals surface area (Å²) in [5.41, 5.74) is 2.05. The first kappa shape index (κ1) is 15.8. The van der Waals surface area contributed by atoms with Crippen molar-refractivity contribution in [1.29, 1.82) is 5.26 Å². The van der Waals surface area contributed by atoms with Crippen LogP contribution in [0.4, 0.5) is 0 Å². The number of hydrogen-bond acceptors (Lipinski definition) is 7. The van der Waals surface area contributed by atoms with E-state index >= 15 is 0 Å². The average molecular weight is 342 g/mol. The maximum atomic E-state index is 9.28.